The number of aryl methyl sites for hydroxylation is 1. The Morgan fingerprint density at radius 1 is 1.21 bits per heavy atom. The number of thiazole rings is 1. The molecule has 0 bridgehead atoms. The van der Waals surface area contributed by atoms with Crippen LogP contribution in [0.1, 0.15) is 10.6 Å². The van der Waals surface area contributed by atoms with Crippen molar-refractivity contribution in [3.05, 3.63) is 81.0 Å². The number of nitrogens with one attached hydrogen (secondary N) is 1. The Morgan fingerprint density at radius 3 is 2.79 bits per heavy atom. The van der Waals surface area contributed by atoms with Crippen molar-refractivity contribution in [3.8, 4) is 17.3 Å². The first-order chi connectivity index (χ1) is 13.6. The first kappa shape index (κ1) is 17.6. The molecule has 7 heteroatoms. The Kier molecular flexibility index (Phi) is 4.70. The molecule has 0 unspecified atom stereocenters. The van der Waals surface area contributed by atoms with Gasteiger partial charge in [0.15, 0.2) is 10.7 Å². The van der Waals surface area contributed by atoms with Gasteiger partial charge >= 0.3 is 5.63 Å². The molecule has 4 aromatic rings. The predicted octanol–water partition coefficient (Wildman–Crippen LogP) is 4.56. The Balaban J connectivity index is 1.65. The molecule has 1 N–H and O–H groups in total. The van der Waals surface area contributed by atoms with Gasteiger partial charge in [-0.1, -0.05) is 35.9 Å². The summed E-state index contributed by atoms with van der Waals surface area (Å²) >= 11 is 1.24. The lowest BCUT2D eigenvalue weighted by molar-refractivity contribution is 0.563. The van der Waals surface area contributed by atoms with Gasteiger partial charge in [0.1, 0.15) is 11.7 Å². The summed E-state index contributed by atoms with van der Waals surface area (Å²) in [7, 11) is 0. The molecule has 2 heterocycles. The SMILES string of the molecule is Cc1ccc(NN=C(C#N)c2nc(-c3cc4ccccc4oc3=O)cs2)cc1. The maximum Gasteiger partial charge on any atom is 0.345 e. The molecule has 0 atom stereocenters. The summed E-state index contributed by atoms with van der Waals surface area (Å²) in [5, 5.41) is 16.5. The van der Waals surface area contributed by atoms with E-state index in [0.29, 0.717) is 21.8 Å². The van der Waals surface area contributed by atoms with Gasteiger partial charge in [-0.05, 0) is 31.2 Å². The van der Waals surface area contributed by atoms with Crippen LogP contribution in [0.2, 0.25) is 0 Å². The molecule has 0 saturated heterocycles. The van der Waals surface area contributed by atoms with Crippen LogP contribution in [0.15, 0.2) is 74.3 Å². The average Bonchev–Trinajstić information content (AvgIpc) is 3.19. The van der Waals surface area contributed by atoms with Gasteiger partial charge in [-0.15, -0.1) is 11.3 Å². The highest BCUT2D eigenvalue weighted by Crippen LogP contribution is 2.23. The molecule has 136 valence electrons. The summed E-state index contributed by atoms with van der Waals surface area (Å²) in [5.41, 5.74) is 5.76. The summed E-state index contributed by atoms with van der Waals surface area (Å²) < 4.78 is 5.36. The minimum absolute atomic E-state index is 0.141. The highest BCUT2D eigenvalue weighted by molar-refractivity contribution is 7.12. The number of hydrogen-bond donors (Lipinski definition) is 1. The largest absolute Gasteiger partial charge is 0.422 e. The van der Waals surface area contributed by atoms with E-state index in [4.69, 9.17) is 4.42 Å². The minimum atomic E-state index is -0.469. The van der Waals surface area contributed by atoms with Crippen molar-refractivity contribution in [1.82, 2.24) is 4.98 Å². The van der Waals surface area contributed by atoms with Crippen molar-refractivity contribution in [2.24, 2.45) is 5.10 Å². The second kappa shape index (κ2) is 7.47. The average molecular weight is 386 g/mol. The number of benzene rings is 2. The second-order valence-corrected chi connectivity index (χ2v) is 6.93. The van der Waals surface area contributed by atoms with Crippen LogP contribution in [0.25, 0.3) is 22.2 Å². The second-order valence-electron chi connectivity index (χ2n) is 6.07. The fourth-order valence-electron chi connectivity index (χ4n) is 2.62. The number of rotatable bonds is 4. The van der Waals surface area contributed by atoms with E-state index in [2.05, 4.69) is 15.5 Å². The van der Waals surface area contributed by atoms with Crippen molar-refractivity contribution in [1.29, 1.82) is 5.26 Å². The van der Waals surface area contributed by atoms with Gasteiger partial charge < -0.3 is 4.42 Å². The monoisotopic (exact) mass is 386 g/mol. The number of nitriles is 1. The molecule has 0 spiro atoms. The lowest BCUT2D eigenvalue weighted by Crippen LogP contribution is -2.04. The van der Waals surface area contributed by atoms with E-state index in [1.165, 1.54) is 11.3 Å². The van der Waals surface area contributed by atoms with Gasteiger partial charge in [0.2, 0.25) is 0 Å². The molecule has 0 amide bonds. The third kappa shape index (κ3) is 3.54. The minimum Gasteiger partial charge on any atom is -0.422 e. The maximum absolute atomic E-state index is 12.3. The van der Waals surface area contributed by atoms with Crippen molar-refractivity contribution < 1.29 is 4.42 Å². The number of para-hydroxylation sites is 1. The number of anilines is 1. The zero-order valence-electron chi connectivity index (χ0n) is 14.8. The van der Waals surface area contributed by atoms with Crippen molar-refractivity contribution in [2.75, 3.05) is 5.43 Å². The summed E-state index contributed by atoms with van der Waals surface area (Å²) in [4.78, 5) is 16.7. The molecule has 0 radical (unpaired) electrons. The lowest BCUT2D eigenvalue weighted by atomic mass is 10.1. The highest BCUT2D eigenvalue weighted by Gasteiger charge is 2.14. The Labute approximate surface area is 164 Å². The number of aromatic nitrogens is 1. The molecule has 0 aliphatic carbocycles. The predicted molar refractivity (Wildman–Crippen MR) is 111 cm³/mol. The van der Waals surface area contributed by atoms with E-state index in [9.17, 15) is 10.1 Å². The first-order valence-electron chi connectivity index (χ1n) is 8.43. The molecule has 2 aromatic heterocycles. The van der Waals surface area contributed by atoms with E-state index in [0.717, 1.165) is 16.6 Å². The van der Waals surface area contributed by atoms with Crippen molar-refractivity contribution in [2.45, 2.75) is 6.92 Å². The van der Waals surface area contributed by atoms with E-state index in [1.807, 2.05) is 55.5 Å². The van der Waals surface area contributed by atoms with Crippen LogP contribution in [0.4, 0.5) is 5.69 Å². The van der Waals surface area contributed by atoms with Gasteiger partial charge in [-0.25, -0.2) is 9.78 Å². The number of nitrogens with zero attached hydrogens (tertiary/aromatic N) is 3. The molecule has 4 rings (SSSR count). The van der Waals surface area contributed by atoms with Crippen LogP contribution in [-0.4, -0.2) is 10.7 Å². The highest BCUT2D eigenvalue weighted by atomic mass is 32.1. The van der Waals surface area contributed by atoms with E-state index >= 15 is 0 Å². The van der Waals surface area contributed by atoms with Gasteiger partial charge in [0.25, 0.3) is 0 Å². The third-order valence-corrected chi connectivity index (χ3v) is 4.93. The summed E-state index contributed by atoms with van der Waals surface area (Å²) in [6, 6.07) is 18.7. The van der Waals surface area contributed by atoms with Gasteiger partial charge in [0.05, 0.1) is 16.9 Å². The van der Waals surface area contributed by atoms with Gasteiger partial charge in [0, 0.05) is 10.8 Å². The molecule has 0 aliphatic heterocycles. The Morgan fingerprint density at radius 2 is 2.00 bits per heavy atom. The van der Waals surface area contributed by atoms with Crippen LogP contribution in [0.3, 0.4) is 0 Å². The standard InChI is InChI=1S/C21H14N4O2S/c1-13-6-8-15(9-7-13)24-25-17(11-22)20-23-18(12-28-20)16-10-14-4-2-3-5-19(14)27-21(16)26/h2-10,12,24H,1H3. The maximum atomic E-state index is 12.3. The third-order valence-electron chi connectivity index (χ3n) is 4.08. The van der Waals surface area contributed by atoms with E-state index in [1.54, 1.807) is 17.5 Å². The molecular formula is C21H14N4O2S. The van der Waals surface area contributed by atoms with Crippen LogP contribution in [-0.2, 0) is 0 Å². The normalized spacial score (nSPS) is 11.4. The zero-order valence-corrected chi connectivity index (χ0v) is 15.7. The van der Waals surface area contributed by atoms with Gasteiger partial charge in [-0.3, -0.25) is 5.43 Å². The van der Waals surface area contributed by atoms with Crippen LogP contribution >= 0.6 is 11.3 Å². The molecule has 28 heavy (non-hydrogen) atoms. The number of hydrazone groups is 1. The summed E-state index contributed by atoms with van der Waals surface area (Å²) in [5.74, 6) is 0. The number of hydrogen-bond acceptors (Lipinski definition) is 7. The summed E-state index contributed by atoms with van der Waals surface area (Å²) in [6.07, 6.45) is 0. The molecular weight excluding hydrogens is 372 g/mol. The first-order valence-corrected chi connectivity index (χ1v) is 9.31. The number of fused-ring (bicyclic) bond motifs is 1. The van der Waals surface area contributed by atoms with E-state index < -0.39 is 5.63 Å². The molecule has 0 aliphatic rings. The van der Waals surface area contributed by atoms with Crippen LogP contribution in [0, 0.1) is 18.3 Å². The Hall–Kier alpha value is -3.76. The zero-order chi connectivity index (χ0) is 19.5. The Bertz CT molecular complexity index is 1280. The van der Waals surface area contributed by atoms with Crippen molar-refractivity contribution in [3.63, 3.8) is 0 Å². The smallest absolute Gasteiger partial charge is 0.345 e. The topological polar surface area (TPSA) is 91.3 Å². The molecule has 6 nitrogen and oxygen atoms in total. The summed E-state index contributed by atoms with van der Waals surface area (Å²) in [6.45, 7) is 1.99. The van der Waals surface area contributed by atoms with Crippen LogP contribution in [0.5, 0.6) is 0 Å². The van der Waals surface area contributed by atoms with Crippen molar-refractivity contribution >= 4 is 33.7 Å². The fraction of sp³-hybridized carbons (Fsp3) is 0.0476. The van der Waals surface area contributed by atoms with Gasteiger partial charge in [-0.2, -0.15) is 10.4 Å². The quantitative estimate of drug-likeness (QED) is 0.315. The fourth-order valence-corrected chi connectivity index (χ4v) is 3.37. The van der Waals surface area contributed by atoms with Crippen LogP contribution < -0.4 is 11.1 Å². The molecule has 0 saturated carbocycles. The molecule has 2 aromatic carbocycles. The molecule has 0 fully saturated rings. The lowest BCUT2D eigenvalue weighted by Gasteiger charge is -2.01. The van der Waals surface area contributed by atoms with E-state index in [-0.39, 0.29) is 5.71 Å².